The van der Waals surface area contributed by atoms with E-state index in [0.29, 0.717) is 37.7 Å². The van der Waals surface area contributed by atoms with E-state index in [9.17, 15) is 9.59 Å². The number of anilines is 2. The minimum absolute atomic E-state index is 0. The Balaban J connectivity index is 0.00000300. The standard InChI is InChI=1S/C21H26N4O3.ClH/c22-12-14-28-19-10-8-18(9-11-19)23-20(26)16-5-4-13-25(15-16)21(27)24-17-6-2-1-3-7-17;/h1-3,6-11,16H,4-5,12-15,22H2,(H,23,26)(H,24,27);1H. The maximum absolute atomic E-state index is 12.6. The van der Waals surface area contributed by atoms with Crippen molar-refractivity contribution in [2.24, 2.45) is 11.7 Å². The monoisotopic (exact) mass is 418 g/mol. The number of ether oxygens (including phenoxy) is 1. The van der Waals surface area contributed by atoms with Gasteiger partial charge in [-0.3, -0.25) is 4.79 Å². The Hall–Kier alpha value is -2.77. The highest BCUT2D eigenvalue weighted by Crippen LogP contribution is 2.21. The first-order valence-corrected chi connectivity index (χ1v) is 9.50. The molecule has 1 atom stereocenters. The lowest BCUT2D eigenvalue weighted by Gasteiger charge is -2.32. The molecule has 0 radical (unpaired) electrons. The van der Waals surface area contributed by atoms with Crippen molar-refractivity contribution in [1.29, 1.82) is 0 Å². The lowest BCUT2D eigenvalue weighted by Crippen LogP contribution is -2.45. The van der Waals surface area contributed by atoms with Gasteiger partial charge in [0.05, 0.1) is 5.92 Å². The number of hydrogen-bond donors (Lipinski definition) is 3. The molecule has 3 amide bonds. The summed E-state index contributed by atoms with van der Waals surface area (Å²) in [5, 5.41) is 5.80. The Morgan fingerprint density at radius 3 is 2.41 bits per heavy atom. The van der Waals surface area contributed by atoms with Gasteiger partial charge in [0.25, 0.3) is 0 Å². The molecule has 1 heterocycles. The van der Waals surface area contributed by atoms with Gasteiger partial charge < -0.3 is 26.0 Å². The molecule has 29 heavy (non-hydrogen) atoms. The van der Waals surface area contributed by atoms with Crippen molar-refractivity contribution in [3.63, 3.8) is 0 Å². The maximum atomic E-state index is 12.6. The van der Waals surface area contributed by atoms with Gasteiger partial charge in [0, 0.05) is 31.0 Å². The first-order chi connectivity index (χ1) is 13.7. The summed E-state index contributed by atoms with van der Waals surface area (Å²) in [5.41, 5.74) is 6.87. The first kappa shape index (κ1) is 22.5. The van der Waals surface area contributed by atoms with Gasteiger partial charge in [0.15, 0.2) is 0 Å². The maximum Gasteiger partial charge on any atom is 0.321 e. The third kappa shape index (κ3) is 6.66. The summed E-state index contributed by atoms with van der Waals surface area (Å²) in [6, 6.07) is 16.3. The average Bonchev–Trinajstić information content (AvgIpc) is 2.74. The molecule has 2 aromatic carbocycles. The van der Waals surface area contributed by atoms with Crippen LogP contribution in [0.15, 0.2) is 54.6 Å². The predicted molar refractivity (Wildman–Crippen MR) is 117 cm³/mol. The second-order valence-corrected chi connectivity index (χ2v) is 6.73. The SMILES string of the molecule is Cl.NCCOc1ccc(NC(=O)C2CCCN(C(=O)Nc3ccccc3)C2)cc1. The molecule has 0 aliphatic carbocycles. The molecule has 1 aliphatic heterocycles. The van der Waals surface area contributed by atoms with E-state index < -0.39 is 0 Å². The second kappa shape index (κ2) is 11.3. The lowest BCUT2D eigenvalue weighted by atomic mass is 9.97. The van der Waals surface area contributed by atoms with Crippen LogP contribution >= 0.6 is 12.4 Å². The van der Waals surface area contributed by atoms with Crippen LogP contribution in [0, 0.1) is 5.92 Å². The molecule has 0 saturated carbocycles. The number of hydrogen-bond acceptors (Lipinski definition) is 4. The Bertz CT molecular complexity index is 786. The second-order valence-electron chi connectivity index (χ2n) is 6.73. The zero-order valence-corrected chi connectivity index (χ0v) is 17.0. The van der Waals surface area contributed by atoms with Crippen LogP contribution in [0.5, 0.6) is 5.75 Å². The smallest absolute Gasteiger partial charge is 0.321 e. The number of urea groups is 1. The highest BCUT2D eigenvalue weighted by Gasteiger charge is 2.28. The zero-order valence-electron chi connectivity index (χ0n) is 16.2. The molecular formula is C21H27ClN4O3. The summed E-state index contributed by atoms with van der Waals surface area (Å²) in [7, 11) is 0. The van der Waals surface area contributed by atoms with Crippen LogP contribution < -0.4 is 21.1 Å². The highest BCUT2D eigenvalue weighted by molar-refractivity contribution is 5.94. The molecule has 1 saturated heterocycles. The fraction of sp³-hybridized carbons (Fsp3) is 0.333. The van der Waals surface area contributed by atoms with Crippen LogP contribution in [0.3, 0.4) is 0 Å². The van der Waals surface area contributed by atoms with Crippen molar-refractivity contribution in [2.75, 3.05) is 36.9 Å². The van der Waals surface area contributed by atoms with Gasteiger partial charge in [-0.05, 0) is 49.2 Å². The average molecular weight is 419 g/mol. The van der Waals surface area contributed by atoms with Gasteiger partial charge in [0.2, 0.25) is 5.91 Å². The van der Waals surface area contributed by atoms with Crippen LogP contribution in [0.1, 0.15) is 12.8 Å². The summed E-state index contributed by atoms with van der Waals surface area (Å²) in [6.07, 6.45) is 1.56. The summed E-state index contributed by atoms with van der Waals surface area (Å²) in [5.74, 6) is 0.404. The summed E-state index contributed by atoms with van der Waals surface area (Å²) in [6.45, 7) is 1.96. The molecule has 4 N–H and O–H groups in total. The third-order valence-electron chi connectivity index (χ3n) is 4.61. The van der Waals surface area contributed by atoms with Crippen LogP contribution in [0.4, 0.5) is 16.2 Å². The number of nitrogens with two attached hydrogens (primary N) is 1. The molecule has 8 heteroatoms. The molecule has 2 aromatic rings. The molecule has 0 aromatic heterocycles. The van der Waals surface area contributed by atoms with Gasteiger partial charge in [-0.2, -0.15) is 0 Å². The number of carbonyl (C=O) groups is 2. The number of para-hydroxylation sites is 1. The number of likely N-dealkylation sites (tertiary alicyclic amines) is 1. The van der Waals surface area contributed by atoms with Crippen molar-refractivity contribution in [1.82, 2.24) is 4.90 Å². The minimum Gasteiger partial charge on any atom is -0.492 e. The van der Waals surface area contributed by atoms with Crippen LogP contribution in [0.2, 0.25) is 0 Å². The van der Waals surface area contributed by atoms with Crippen LogP contribution in [0.25, 0.3) is 0 Å². The Kier molecular flexibility index (Phi) is 8.76. The molecule has 0 bridgehead atoms. The van der Waals surface area contributed by atoms with E-state index in [1.807, 2.05) is 30.3 Å². The number of nitrogens with zero attached hydrogens (tertiary/aromatic N) is 1. The quantitative estimate of drug-likeness (QED) is 0.670. The normalized spacial score (nSPS) is 15.8. The first-order valence-electron chi connectivity index (χ1n) is 9.50. The Morgan fingerprint density at radius 1 is 1.03 bits per heavy atom. The number of benzene rings is 2. The number of carbonyl (C=O) groups excluding carboxylic acids is 2. The molecule has 3 rings (SSSR count). The van der Waals surface area contributed by atoms with Gasteiger partial charge >= 0.3 is 6.03 Å². The van der Waals surface area contributed by atoms with E-state index in [2.05, 4.69) is 10.6 Å². The Morgan fingerprint density at radius 2 is 1.72 bits per heavy atom. The van der Waals surface area contributed by atoms with Crippen molar-refractivity contribution in [3.05, 3.63) is 54.6 Å². The number of piperidine rings is 1. The highest BCUT2D eigenvalue weighted by atomic mass is 35.5. The molecule has 156 valence electrons. The molecule has 1 aliphatic rings. The van der Waals surface area contributed by atoms with Crippen molar-refractivity contribution in [2.45, 2.75) is 12.8 Å². The predicted octanol–water partition coefficient (Wildman–Crippen LogP) is 3.33. The molecular weight excluding hydrogens is 392 g/mol. The number of halogens is 1. The topological polar surface area (TPSA) is 96.7 Å². The summed E-state index contributed by atoms with van der Waals surface area (Å²) in [4.78, 5) is 26.8. The van der Waals surface area contributed by atoms with E-state index >= 15 is 0 Å². The van der Waals surface area contributed by atoms with E-state index in [-0.39, 0.29) is 30.3 Å². The molecule has 1 unspecified atom stereocenters. The lowest BCUT2D eigenvalue weighted by molar-refractivity contribution is -0.121. The minimum atomic E-state index is -0.233. The fourth-order valence-corrected chi connectivity index (χ4v) is 3.16. The summed E-state index contributed by atoms with van der Waals surface area (Å²) >= 11 is 0. The van der Waals surface area contributed by atoms with E-state index in [1.54, 1.807) is 29.2 Å². The fourth-order valence-electron chi connectivity index (χ4n) is 3.16. The van der Waals surface area contributed by atoms with Crippen molar-refractivity contribution >= 4 is 35.7 Å². The summed E-state index contributed by atoms with van der Waals surface area (Å²) < 4.78 is 5.43. The van der Waals surface area contributed by atoms with Gasteiger partial charge in [-0.25, -0.2) is 4.79 Å². The van der Waals surface area contributed by atoms with Gasteiger partial charge in [-0.1, -0.05) is 18.2 Å². The number of rotatable bonds is 6. The molecule has 0 spiro atoms. The largest absolute Gasteiger partial charge is 0.492 e. The molecule has 7 nitrogen and oxygen atoms in total. The van der Waals surface area contributed by atoms with Gasteiger partial charge in [0.1, 0.15) is 12.4 Å². The van der Waals surface area contributed by atoms with Gasteiger partial charge in [-0.15, -0.1) is 12.4 Å². The van der Waals surface area contributed by atoms with Crippen LogP contribution in [-0.4, -0.2) is 43.1 Å². The zero-order chi connectivity index (χ0) is 19.8. The van der Waals surface area contributed by atoms with E-state index in [0.717, 1.165) is 18.5 Å². The third-order valence-corrected chi connectivity index (χ3v) is 4.61. The molecule has 1 fully saturated rings. The van der Waals surface area contributed by atoms with Crippen molar-refractivity contribution in [3.8, 4) is 5.75 Å². The number of amides is 3. The Labute approximate surface area is 177 Å². The van der Waals surface area contributed by atoms with Crippen molar-refractivity contribution < 1.29 is 14.3 Å². The van der Waals surface area contributed by atoms with Crippen LogP contribution in [-0.2, 0) is 4.79 Å². The van der Waals surface area contributed by atoms with E-state index in [4.69, 9.17) is 10.5 Å². The number of nitrogens with one attached hydrogen (secondary N) is 2. The van der Waals surface area contributed by atoms with E-state index in [1.165, 1.54) is 0 Å².